The summed E-state index contributed by atoms with van der Waals surface area (Å²) in [7, 11) is 0. The van der Waals surface area contributed by atoms with Gasteiger partial charge in [0.05, 0.1) is 0 Å². The molecule has 0 aromatic carbocycles. The molecule has 0 radical (unpaired) electrons. The van der Waals surface area contributed by atoms with Crippen molar-refractivity contribution in [2.75, 3.05) is 0 Å². The molecule has 2 aromatic rings. The molecule has 0 amide bonds. The van der Waals surface area contributed by atoms with Crippen molar-refractivity contribution in [3.05, 3.63) is 23.1 Å². The van der Waals surface area contributed by atoms with E-state index in [1.54, 1.807) is 6.20 Å². The van der Waals surface area contributed by atoms with Crippen LogP contribution in [0.5, 0.6) is 0 Å². The predicted octanol–water partition coefficient (Wildman–Crippen LogP) is 1.99. The fraction of sp³-hybridized carbons (Fsp3) is 0. The van der Waals surface area contributed by atoms with Crippen LogP contribution in [0.2, 0.25) is 0 Å². The number of oxazole rings is 1. The van der Waals surface area contributed by atoms with Crippen LogP contribution < -0.4 is 0 Å². The lowest BCUT2D eigenvalue weighted by molar-refractivity contribution is 0.560. The number of fused-ring (bicyclic) bond motifs is 1. The molecular formula is C6H3BrN2O. The van der Waals surface area contributed by atoms with Gasteiger partial charge >= 0.3 is 0 Å². The number of nitrogens with zero attached hydrogens (tertiary/aromatic N) is 2. The summed E-state index contributed by atoms with van der Waals surface area (Å²) < 4.78 is 5.06. The molecule has 10 heavy (non-hydrogen) atoms. The van der Waals surface area contributed by atoms with Crippen molar-refractivity contribution in [3.63, 3.8) is 0 Å². The van der Waals surface area contributed by atoms with Crippen LogP contribution in [-0.2, 0) is 0 Å². The molecule has 3 nitrogen and oxygen atoms in total. The average molecular weight is 199 g/mol. The number of hydrogen-bond donors (Lipinski definition) is 0. The molecule has 4 heteroatoms. The van der Waals surface area contributed by atoms with Crippen molar-refractivity contribution in [1.82, 2.24) is 9.97 Å². The molecule has 2 heterocycles. The van der Waals surface area contributed by atoms with E-state index in [1.807, 2.05) is 12.1 Å². The molecule has 0 fully saturated rings. The van der Waals surface area contributed by atoms with Crippen LogP contribution >= 0.6 is 15.9 Å². The van der Waals surface area contributed by atoms with Gasteiger partial charge < -0.3 is 4.42 Å². The highest BCUT2D eigenvalue weighted by atomic mass is 79.9. The summed E-state index contributed by atoms with van der Waals surface area (Å²) in [6.07, 6.45) is 1.67. The van der Waals surface area contributed by atoms with Crippen molar-refractivity contribution >= 4 is 27.2 Å². The molecule has 0 spiro atoms. The van der Waals surface area contributed by atoms with Crippen molar-refractivity contribution in [2.45, 2.75) is 0 Å². The average Bonchev–Trinajstić information content (AvgIpc) is 2.27. The first-order valence-corrected chi connectivity index (χ1v) is 3.52. The Labute approximate surface area is 65.2 Å². The van der Waals surface area contributed by atoms with Crippen molar-refractivity contribution in [2.24, 2.45) is 0 Å². The quantitative estimate of drug-likeness (QED) is 0.651. The summed E-state index contributed by atoms with van der Waals surface area (Å²) in [5.74, 6) is 0. The minimum Gasteiger partial charge on any atom is -0.412 e. The van der Waals surface area contributed by atoms with Crippen molar-refractivity contribution < 1.29 is 4.42 Å². The van der Waals surface area contributed by atoms with E-state index in [2.05, 4.69) is 25.9 Å². The van der Waals surface area contributed by atoms with Crippen molar-refractivity contribution in [3.8, 4) is 0 Å². The van der Waals surface area contributed by atoms with E-state index >= 15 is 0 Å². The molecule has 0 aliphatic rings. The molecule has 0 atom stereocenters. The van der Waals surface area contributed by atoms with Gasteiger partial charge in [-0.15, -0.1) is 0 Å². The second kappa shape index (κ2) is 2.05. The van der Waals surface area contributed by atoms with E-state index in [0.717, 1.165) is 5.52 Å². The predicted molar refractivity (Wildman–Crippen MR) is 39.5 cm³/mol. The number of rotatable bonds is 0. The van der Waals surface area contributed by atoms with Crippen LogP contribution in [-0.4, -0.2) is 9.97 Å². The standard InChI is InChI=1S/C6H3BrN2O/c7-6-9-4-2-1-3-8-5(4)10-6/h1-3H. The summed E-state index contributed by atoms with van der Waals surface area (Å²) in [6.45, 7) is 0. The Hall–Kier alpha value is -0.900. The van der Waals surface area contributed by atoms with Gasteiger partial charge in [0.2, 0.25) is 5.71 Å². The maximum absolute atomic E-state index is 5.06. The number of pyridine rings is 1. The molecule has 50 valence electrons. The van der Waals surface area contributed by atoms with Crippen LogP contribution in [0.4, 0.5) is 0 Å². The number of halogens is 1. The largest absolute Gasteiger partial charge is 0.412 e. The van der Waals surface area contributed by atoms with E-state index in [9.17, 15) is 0 Å². The zero-order valence-corrected chi connectivity index (χ0v) is 6.50. The Balaban J connectivity index is 2.88. The Kier molecular flexibility index (Phi) is 1.20. The summed E-state index contributed by atoms with van der Waals surface area (Å²) in [5.41, 5.74) is 1.34. The Morgan fingerprint density at radius 3 is 3.20 bits per heavy atom. The molecule has 0 unspecified atom stereocenters. The molecule has 0 saturated heterocycles. The first kappa shape index (κ1) is 5.85. The summed E-state index contributed by atoms with van der Waals surface area (Å²) in [5, 5.41) is 0. The van der Waals surface area contributed by atoms with Gasteiger partial charge in [-0.1, -0.05) is 0 Å². The zero-order valence-electron chi connectivity index (χ0n) is 4.91. The minimum absolute atomic E-state index is 0.473. The molecule has 2 rings (SSSR count). The fourth-order valence-electron chi connectivity index (χ4n) is 0.743. The highest BCUT2D eigenvalue weighted by Crippen LogP contribution is 2.15. The highest BCUT2D eigenvalue weighted by Gasteiger charge is 2.00. The molecule has 0 bridgehead atoms. The Bertz CT molecular complexity index is 324. The molecular weight excluding hydrogens is 196 g/mol. The fourth-order valence-corrected chi connectivity index (χ4v) is 1.09. The normalized spacial score (nSPS) is 10.5. The van der Waals surface area contributed by atoms with E-state index in [1.165, 1.54) is 0 Å². The third kappa shape index (κ3) is 0.806. The number of hydrogen-bond acceptors (Lipinski definition) is 3. The van der Waals surface area contributed by atoms with E-state index < -0.39 is 0 Å². The first-order chi connectivity index (χ1) is 4.86. The van der Waals surface area contributed by atoms with Gasteiger partial charge in [0.15, 0.2) is 0 Å². The van der Waals surface area contributed by atoms with Gasteiger partial charge in [0, 0.05) is 22.1 Å². The topological polar surface area (TPSA) is 38.9 Å². The van der Waals surface area contributed by atoms with E-state index in [0.29, 0.717) is 10.5 Å². The van der Waals surface area contributed by atoms with Crippen LogP contribution in [0.25, 0.3) is 11.2 Å². The third-order valence-electron chi connectivity index (χ3n) is 1.14. The minimum atomic E-state index is 0.473. The van der Waals surface area contributed by atoms with Gasteiger partial charge in [-0.05, 0) is 12.1 Å². The monoisotopic (exact) mass is 198 g/mol. The Morgan fingerprint density at radius 1 is 1.50 bits per heavy atom. The van der Waals surface area contributed by atoms with E-state index in [-0.39, 0.29) is 0 Å². The second-order valence-corrected chi connectivity index (χ2v) is 2.47. The van der Waals surface area contributed by atoms with Crippen LogP contribution in [0.15, 0.2) is 27.5 Å². The summed E-state index contributed by atoms with van der Waals surface area (Å²) in [6, 6.07) is 3.66. The molecule has 2 aromatic heterocycles. The van der Waals surface area contributed by atoms with Gasteiger partial charge in [0.25, 0.3) is 4.80 Å². The lowest BCUT2D eigenvalue weighted by Gasteiger charge is -1.78. The molecule has 0 aliphatic heterocycles. The summed E-state index contributed by atoms with van der Waals surface area (Å²) >= 11 is 3.11. The molecule has 0 aliphatic carbocycles. The maximum atomic E-state index is 5.06. The SMILES string of the molecule is Brc1nc2cccnc2o1. The second-order valence-electron chi connectivity index (χ2n) is 1.79. The number of aromatic nitrogens is 2. The maximum Gasteiger partial charge on any atom is 0.266 e. The highest BCUT2D eigenvalue weighted by molar-refractivity contribution is 9.10. The van der Waals surface area contributed by atoms with E-state index in [4.69, 9.17) is 4.42 Å². The van der Waals surface area contributed by atoms with Gasteiger partial charge in [-0.2, -0.15) is 0 Å². The lowest BCUT2D eigenvalue weighted by Crippen LogP contribution is -1.69. The van der Waals surface area contributed by atoms with Crippen LogP contribution in [0.1, 0.15) is 0 Å². The molecule has 0 saturated carbocycles. The molecule has 0 N–H and O–H groups in total. The lowest BCUT2D eigenvalue weighted by atomic mass is 10.5. The third-order valence-corrected chi connectivity index (χ3v) is 1.48. The smallest absolute Gasteiger partial charge is 0.266 e. The van der Waals surface area contributed by atoms with Crippen LogP contribution in [0, 0.1) is 0 Å². The Morgan fingerprint density at radius 2 is 2.40 bits per heavy atom. The first-order valence-electron chi connectivity index (χ1n) is 2.73. The van der Waals surface area contributed by atoms with Gasteiger partial charge in [-0.25, -0.2) is 9.97 Å². The zero-order chi connectivity index (χ0) is 6.97. The summed E-state index contributed by atoms with van der Waals surface area (Å²) in [4.78, 5) is 8.42. The van der Waals surface area contributed by atoms with Gasteiger partial charge in [0.1, 0.15) is 5.52 Å². The van der Waals surface area contributed by atoms with Gasteiger partial charge in [-0.3, -0.25) is 0 Å². The van der Waals surface area contributed by atoms with Crippen molar-refractivity contribution in [1.29, 1.82) is 0 Å². The van der Waals surface area contributed by atoms with Crippen LogP contribution in [0.3, 0.4) is 0 Å².